The Balaban J connectivity index is 1.89. The van der Waals surface area contributed by atoms with Crippen molar-refractivity contribution in [1.29, 1.82) is 0 Å². The fraction of sp³-hybridized carbons (Fsp3) is 0.533. The number of nitrogens with two attached hydrogens (primary N) is 1. The van der Waals surface area contributed by atoms with Crippen LogP contribution in [0.2, 0.25) is 0 Å². The quantitative estimate of drug-likeness (QED) is 0.802. The monoisotopic (exact) mass is 260 g/mol. The zero-order chi connectivity index (χ0) is 13.4. The van der Waals surface area contributed by atoms with E-state index in [1.807, 2.05) is 12.1 Å². The summed E-state index contributed by atoms with van der Waals surface area (Å²) in [6.45, 7) is 1.06. The number of carbonyl (C=O) groups is 1. The minimum Gasteiger partial charge on any atom is -0.478 e. The van der Waals surface area contributed by atoms with Crippen molar-refractivity contribution in [3.05, 3.63) is 23.8 Å². The van der Waals surface area contributed by atoms with Gasteiger partial charge >= 0.3 is 5.97 Å². The van der Waals surface area contributed by atoms with Crippen molar-refractivity contribution in [2.45, 2.75) is 38.1 Å². The second-order valence-corrected chi connectivity index (χ2v) is 5.67. The van der Waals surface area contributed by atoms with E-state index in [0.717, 1.165) is 18.2 Å². The molecule has 102 valence electrons. The molecule has 1 aromatic carbocycles. The molecule has 4 heteroatoms. The lowest BCUT2D eigenvalue weighted by Crippen LogP contribution is -2.42. The van der Waals surface area contributed by atoms with E-state index in [9.17, 15) is 4.79 Å². The van der Waals surface area contributed by atoms with Gasteiger partial charge in [-0.25, -0.2) is 4.79 Å². The van der Waals surface area contributed by atoms with E-state index in [-0.39, 0.29) is 5.56 Å². The van der Waals surface area contributed by atoms with Gasteiger partial charge in [-0.3, -0.25) is 0 Å². The number of carboxylic acids is 1. The maximum absolute atomic E-state index is 11.0. The molecule has 2 aliphatic rings. The van der Waals surface area contributed by atoms with Gasteiger partial charge in [-0.05, 0) is 49.8 Å². The first kappa shape index (κ1) is 12.3. The Morgan fingerprint density at radius 2 is 2.05 bits per heavy atom. The van der Waals surface area contributed by atoms with Gasteiger partial charge in [0.2, 0.25) is 0 Å². The zero-order valence-corrected chi connectivity index (χ0v) is 11.0. The normalized spacial score (nSPS) is 26.2. The smallest absolute Gasteiger partial charge is 0.337 e. The van der Waals surface area contributed by atoms with E-state index in [1.54, 1.807) is 6.07 Å². The lowest BCUT2D eigenvalue weighted by atomic mass is 9.91. The second-order valence-electron chi connectivity index (χ2n) is 5.67. The van der Waals surface area contributed by atoms with E-state index in [2.05, 4.69) is 4.90 Å². The van der Waals surface area contributed by atoms with E-state index >= 15 is 0 Å². The number of nitrogen functional groups attached to an aromatic ring is 1. The van der Waals surface area contributed by atoms with Crippen LogP contribution >= 0.6 is 0 Å². The predicted molar refractivity (Wildman–Crippen MR) is 75.5 cm³/mol. The van der Waals surface area contributed by atoms with Crippen LogP contribution < -0.4 is 10.6 Å². The zero-order valence-electron chi connectivity index (χ0n) is 11.0. The Kier molecular flexibility index (Phi) is 3.09. The Bertz CT molecular complexity index is 501. The average Bonchev–Trinajstić information content (AvgIpc) is 2.86. The van der Waals surface area contributed by atoms with Crippen molar-refractivity contribution >= 4 is 17.3 Å². The van der Waals surface area contributed by atoms with Crippen LogP contribution in [0.1, 0.15) is 42.5 Å². The molecule has 0 radical (unpaired) electrons. The van der Waals surface area contributed by atoms with Crippen LogP contribution in [0.25, 0.3) is 0 Å². The van der Waals surface area contributed by atoms with Crippen LogP contribution in [0, 0.1) is 5.92 Å². The molecule has 3 N–H and O–H groups in total. The summed E-state index contributed by atoms with van der Waals surface area (Å²) in [5.41, 5.74) is 7.50. The number of nitrogens with zero attached hydrogens (tertiary/aromatic N) is 1. The molecule has 0 spiro atoms. The first-order valence-electron chi connectivity index (χ1n) is 7.06. The SMILES string of the molecule is Nc1cc(N2CCCC3CCCC32)ccc1C(=O)O. The summed E-state index contributed by atoms with van der Waals surface area (Å²) in [4.78, 5) is 13.4. The summed E-state index contributed by atoms with van der Waals surface area (Å²) < 4.78 is 0. The number of aromatic carboxylic acids is 1. The highest BCUT2D eigenvalue weighted by atomic mass is 16.4. The molecule has 4 nitrogen and oxygen atoms in total. The molecule has 3 rings (SSSR count). The van der Waals surface area contributed by atoms with Crippen LogP contribution in [0.5, 0.6) is 0 Å². The third kappa shape index (κ3) is 2.15. The highest BCUT2D eigenvalue weighted by Crippen LogP contribution is 2.39. The molecule has 2 unspecified atom stereocenters. The average molecular weight is 260 g/mol. The summed E-state index contributed by atoms with van der Waals surface area (Å²) in [5.74, 6) is -0.143. The molecular weight excluding hydrogens is 240 g/mol. The van der Waals surface area contributed by atoms with Gasteiger partial charge in [0, 0.05) is 24.0 Å². The molecule has 1 aliphatic carbocycles. The van der Waals surface area contributed by atoms with Crippen LogP contribution in [0.4, 0.5) is 11.4 Å². The predicted octanol–water partition coefficient (Wildman–Crippen LogP) is 2.74. The van der Waals surface area contributed by atoms with Gasteiger partial charge in [0.1, 0.15) is 0 Å². The van der Waals surface area contributed by atoms with Crippen molar-refractivity contribution < 1.29 is 9.90 Å². The number of fused-ring (bicyclic) bond motifs is 1. The number of piperidine rings is 1. The van der Waals surface area contributed by atoms with Crippen molar-refractivity contribution in [3.63, 3.8) is 0 Å². The van der Waals surface area contributed by atoms with E-state index in [4.69, 9.17) is 10.8 Å². The summed E-state index contributed by atoms with van der Waals surface area (Å²) in [7, 11) is 0. The topological polar surface area (TPSA) is 66.6 Å². The molecule has 1 aliphatic heterocycles. The van der Waals surface area contributed by atoms with E-state index in [1.165, 1.54) is 32.1 Å². The third-order valence-corrected chi connectivity index (χ3v) is 4.59. The summed E-state index contributed by atoms with van der Waals surface area (Å²) >= 11 is 0. The highest BCUT2D eigenvalue weighted by Gasteiger charge is 2.35. The van der Waals surface area contributed by atoms with Crippen molar-refractivity contribution in [2.75, 3.05) is 17.2 Å². The van der Waals surface area contributed by atoms with Crippen LogP contribution in [0.15, 0.2) is 18.2 Å². The Hall–Kier alpha value is -1.71. The minimum absolute atomic E-state index is 0.198. The highest BCUT2D eigenvalue weighted by molar-refractivity contribution is 5.94. The molecule has 0 bridgehead atoms. The van der Waals surface area contributed by atoms with Gasteiger partial charge in [0.15, 0.2) is 0 Å². The lowest BCUT2D eigenvalue weighted by Gasteiger charge is -2.39. The summed E-state index contributed by atoms with van der Waals surface area (Å²) in [6, 6.07) is 5.99. The molecular formula is C15H20N2O2. The fourth-order valence-electron chi connectivity index (χ4n) is 3.70. The summed E-state index contributed by atoms with van der Waals surface area (Å²) in [5, 5.41) is 9.02. The molecule has 1 saturated heterocycles. The molecule has 2 atom stereocenters. The molecule has 1 saturated carbocycles. The van der Waals surface area contributed by atoms with Crippen LogP contribution in [-0.4, -0.2) is 23.7 Å². The first-order chi connectivity index (χ1) is 9.16. The second kappa shape index (κ2) is 4.76. The number of hydrogen-bond acceptors (Lipinski definition) is 3. The summed E-state index contributed by atoms with van der Waals surface area (Å²) in [6.07, 6.45) is 6.47. The van der Waals surface area contributed by atoms with Gasteiger partial charge in [0.25, 0.3) is 0 Å². The largest absolute Gasteiger partial charge is 0.478 e. The molecule has 1 aromatic rings. The molecule has 19 heavy (non-hydrogen) atoms. The maximum atomic E-state index is 11.0. The van der Waals surface area contributed by atoms with Crippen LogP contribution in [-0.2, 0) is 0 Å². The standard InChI is InChI=1S/C15H20N2O2/c16-13-9-11(6-7-12(13)15(18)19)17-8-2-4-10-3-1-5-14(10)17/h6-7,9-10,14H,1-5,8,16H2,(H,18,19). The van der Waals surface area contributed by atoms with E-state index < -0.39 is 5.97 Å². The minimum atomic E-state index is -0.957. The lowest BCUT2D eigenvalue weighted by molar-refractivity contribution is 0.0698. The fourth-order valence-corrected chi connectivity index (χ4v) is 3.70. The van der Waals surface area contributed by atoms with Gasteiger partial charge in [-0.2, -0.15) is 0 Å². The number of anilines is 2. The van der Waals surface area contributed by atoms with Gasteiger partial charge in [-0.15, -0.1) is 0 Å². The number of rotatable bonds is 2. The molecule has 1 heterocycles. The van der Waals surface area contributed by atoms with Gasteiger partial charge in [-0.1, -0.05) is 6.42 Å². The molecule has 0 aromatic heterocycles. The first-order valence-corrected chi connectivity index (χ1v) is 7.06. The Morgan fingerprint density at radius 3 is 2.79 bits per heavy atom. The molecule has 2 fully saturated rings. The van der Waals surface area contributed by atoms with Crippen molar-refractivity contribution in [3.8, 4) is 0 Å². The van der Waals surface area contributed by atoms with Gasteiger partial charge < -0.3 is 15.7 Å². The van der Waals surface area contributed by atoms with Gasteiger partial charge in [0.05, 0.1) is 5.56 Å². The number of carboxylic acid groups (broad SMARTS) is 1. The van der Waals surface area contributed by atoms with Crippen molar-refractivity contribution in [2.24, 2.45) is 5.92 Å². The molecule has 0 amide bonds. The Labute approximate surface area is 113 Å². The van der Waals surface area contributed by atoms with Crippen LogP contribution in [0.3, 0.4) is 0 Å². The van der Waals surface area contributed by atoms with E-state index in [0.29, 0.717) is 11.7 Å². The number of hydrogen-bond donors (Lipinski definition) is 2. The van der Waals surface area contributed by atoms with Crippen molar-refractivity contribution in [1.82, 2.24) is 0 Å². The number of benzene rings is 1. The maximum Gasteiger partial charge on any atom is 0.337 e. The third-order valence-electron chi connectivity index (χ3n) is 4.59. The Morgan fingerprint density at radius 1 is 1.26 bits per heavy atom.